The molecule has 1 amide bonds. The molecular formula is C26H38BrClN2O2. The van der Waals surface area contributed by atoms with E-state index in [0.717, 1.165) is 51.7 Å². The van der Waals surface area contributed by atoms with Crippen molar-refractivity contribution in [1.82, 2.24) is 10.3 Å². The van der Waals surface area contributed by atoms with E-state index in [0.29, 0.717) is 13.0 Å². The molecule has 1 atom stereocenters. The summed E-state index contributed by atoms with van der Waals surface area (Å²) in [5.74, 6) is 1.77. The highest BCUT2D eigenvalue weighted by atomic mass is 79.9. The second-order valence-corrected chi connectivity index (χ2v) is 9.47. The van der Waals surface area contributed by atoms with Gasteiger partial charge in [0.05, 0.1) is 16.6 Å². The van der Waals surface area contributed by atoms with E-state index in [2.05, 4.69) is 59.1 Å². The van der Waals surface area contributed by atoms with Gasteiger partial charge < -0.3 is 10.1 Å². The number of methoxy groups -OCH3 is 1. The van der Waals surface area contributed by atoms with Crippen molar-refractivity contribution in [3.8, 4) is 5.75 Å². The van der Waals surface area contributed by atoms with Gasteiger partial charge in [-0.25, -0.2) is 0 Å². The van der Waals surface area contributed by atoms with Crippen LogP contribution in [0.5, 0.6) is 5.75 Å². The van der Waals surface area contributed by atoms with Gasteiger partial charge in [-0.05, 0) is 65.7 Å². The third-order valence-corrected chi connectivity index (χ3v) is 6.85. The summed E-state index contributed by atoms with van der Waals surface area (Å²) in [6, 6.07) is 8.27. The number of nitrogens with one attached hydrogen (secondary N) is 1. The lowest BCUT2D eigenvalue weighted by molar-refractivity contribution is -0.123. The van der Waals surface area contributed by atoms with E-state index in [1.165, 1.54) is 5.56 Å². The highest BCUT2D eigenvalue weighted by Gasteiger charge is 2.38. The molecule has 1 aromatic heterocycles. The predicted molar refractivity (Wildman–Crippen MR) is 139 cm³/mol. The van der Waals surface area contributed by atoms with Crippen LogP contribution in [-0.2, 0) is 16.6 Å². The van der Waals surface area contributed by atoms with Crippen LogP contribution >= 0.6 is 27.5 Å². The van der Waals surface area contributed by atoms with Gasteiger partial charge in [0.25, 0.3) is 0 Å². The molecule has 6 heteroatoms. The first-order valence-corrected chi connectivity index (χ1v) is 12.6. The summed E-state index contributed by atoms with van der Waals surface area (Å²) in [5, 5.41) is 3.68. The molecule has 1 unspecified atom stereocenters. The Balaban J connectivity index is 0.000000318. The van der Waals surface area contributed by atoms with Gasteiger partial charge in [-0.2, -0.15) is 0 Å². The van der Waals surface area contributed by atoms with Gasteiger partial charge in [-0.1, -0.05) is 58.4 Å². The number of pyridine rings is 1. The van der Waals surface area contributed by atoms with E-state index in [4.69, 9.17) is 16.3 Å². The highest BCUT2D eigenvalue weighted by Crippen LogP contribution is 2.42. The third kappa shape index (κ3) is 7.77. The van der Waals surface area contributed by atoms with Gasteiger partial charge in [-0.15, -0.1) is 0 Å². The van der Waals surface area contributed by atoms with Crippen LogP contribution in [-0.4, -0.2) is 24.5 Å². The van der Waals surface area contributed by atoms with Crippen LogP contribution in [0.3, 0.4) is 0 Å². The summed E-state index contributed by atoms with van der Waals surface area (Å²) < 4.78 is 5.89. The van der Waals surface area contributed by atoms with E-state index < -0.39 is 0 Å². The number of benzene rings is 1. The molecule has 1 fully saturated rings. The Morgan fingerprint density at radius 2 is 1.88 bits per heavy atom. The number of carbonyl (C=O) groups is 1. The first-order chi connectivity index (χ1) is 15.2. The number of hydrogen-bond donors (Lipinski definition) is 1. The summed E-state index contributed by atoms with van der Waals surface area (Å²) in [5.41, 5.74) is 3.30. The van der Waals surface area contributed by atoms with Crippen molar-refractivity contribution in [1.29, 1.82) is 0 Å². The molecule has 3 rings (SSSR count). The Bertz CT molecular complexity index is 844. The van der Waals surface area contributed by atoms with Crippen molar-refractivity contribution in [2.24, 2.45) is 5.92 Å². The molecule has 1 aromatic carbocycles. The fourth-order valence-corrected chi connectivity index (χ4v) is 4.58. The molecule has 0 saturated carbocycles. The van der Waals surface area contributed by atoms with Crippen molar-refractivity contribution in [3.63, 3.8) is 0 Å². The SMILES string of the molecule is CC.CCC1(c2c(C)ncc(Br)c2Cl)CCC(=O)NC1.COc1ccc(CC(C)C)cc1. The second-order valence-electron chi connectivity index (χ2n) is 8.24. The standard InChI is InChI=1S/C13H16BrClN2O.C11H16O.C2H6/c1-3-13(5-4-10(18)17-7-13)11-8(2)16-6-9(14)12(11)15;1-9(2)8-10-4-6-11(12-3)7-5-10;1-2/h6H,3-5,7H2,1-2H3,(H,17,18);4-7,9H,8H2,1-3H3;1-2H3. The largest absolute Gasteiger partial charge is 0.497 e. The number of aryl methyl sites for hydroxylation is 1. The van der Waals surface area contributed by atoms with Crippen LogP contribution < -0.4 is 10.1 Å². The smallest absolute Gasteiger partial charge is 0.220 e. The Hall–Kier alpha value is -1.59. The number of halogens is 2. The Morgan fingerprint density at radius 1 is 1.25 bits per heavy atom. The van der Waals surface area contributed by atoms with Crippen LogP contribution in [0.2, 0.25) is 5.02 Å². The van der Waals surface area contributed by atoms with E-state index in [1.54, 1.807) is 13.3 Å². The van der Waals surface area contributed by atoms with E-state index in [1.807, 2.05) is 32.9 Å². The average molecular weight is 526 g/mol. The maximum atomic E-state index is 11.4. The van der Waals surface area contributed by atoms with Gasteiger partial charge in [-0.3, -0.25) is 9.78 Å². The lowest BCUT2D eigenvalue weighted by Crippen LogP contribution is -2.46. The molecular weight excluding hydrogens is 488 g/mol. The molecule has 178 valence electrons. The number of hydrogen-bond acceptors (Lipinski definition) is 3. The summed E-state index contributed by atoms with van der Waals surface area (Å²) in [4.78, 5) is 15.7. The summed E-state index contributed by atoms with van der Waals surface area (Å²) >= 11 is 9.87. The molecule has 1 N–H and O–H groups in total. The second kappa shape index (κ2) is 13.8. The zero-order valence-electron chi connectivity index (χ0n) is 20.5. The molecule has 1 aliphatic rings. The Morgan fingerprint density at radius 3 is 2.34 bits per heavy atom. The number of amides is 1. The molecule has 0 spiro atoms. The quantitative estimate of drug-likeness (QED) is 0.446. The molecule has 1 saturated heterocycles. The average Bonchev–Trinajstić information content (AvgIpc) is 2.80. The highest BCUT2D eigenvalue weighted by molar-refractivity contribution is 9.10. The number of aromatic nitrogens is 1. The van der Waals surface area contributed by atoms with Gasteiger partial charge in [0.2, 0.25) is 5.91 Å². The monoisotopic (exact) mass is 524 g/mol. The van der Waals surface area contributed by atoms with Crippen molar-refractivity contribution in [2.45, 2.75) is 72.6 Å². The topological polar surface area (TPSA) is 51.2 Å². The fourth-order valence-electron chi connectivity index (χ4n) is 3.89. The third-order valence-electron chi connectivity index (χ3n) is 5.63. The molecule has 4 nitrogen and oxygen atoms in total. The van der Waals surface area contributed by atoms with E-state index >= 15 is 0 Å². The summed E-state index contributed by atoms with van der Waals surface area (Å²) in [7, 11) is 1.69. The molecule has 0 radical (unpaired) electrons. The minimum absolute atomic E-state index is 0.0914. The zero-order chi connectivity index (χ0) is 24.3. The van der Waals surface area contributed by atoms with Crippen molar-refractivity contribution in [2.75, 3.05) is 13.7 Å². The minimum Gasteiger partial charge on any atom is -0.497 e. The zero-order valence-corrected chi connectivity index (χ0v) is 22.9. The van der Waals surface area contributed by atoms with Crippen LogP contribution in [0, 0.1) is 12.8 Å². The number of rotatable bonds is 5. The van der Waals surface area contributed by atoms with Gasteiger partial charge >= 0.3 is 0 Å². The maximum absolute atomic E-state index is 11.4. The summed E-state index contributed by atoms with van der Waals surface area (Å²) in [6.07, 6.45) is 5.19. The van der Waals surface area contributed by atoms with Crippen molar-refractivity contribution in [3.05, 3.63) is 56.8 Å². The first kappa shape index (κ1) is 28.4. The van der Waals surface area contributed by atoms with Crippen LogP contribution in [0.15, 0.2) is 34.9 Å². The fraction of sp³-hybridized carbons (Fsp3) is 0.538. The lowest BCUT2D eigenvalue weighted by atomic mass is 9.72. The van der Waals surface area contributed by atoms with Crippen LogP contribution in [0.1, 0.15) is 70.7 Å². The first-order valence-electron chi connectivity index (χ1n) is 11.4. The Kier molecular flexibility index (Phi) is 12.3. The lowest BCUT2D eigenvalue weighted by Gasteiger charge is -2.38. The van der Waals surface area contributed by atoms with Gasteiger partial charge in [0, 0.05) is 35.8 Å². The van der Waals surface area contributed by atoms with E-state index in [9.17, 15) is 4.79 Å². The minimum atomic E-state index is -0.0914. The van der Waals surface area contributed by atoms with Gasteiger partial charge in [0.1, 0.15) is 5.75 Å². The van der Waals surface area contributed by atoms with Gasteiger partial charge in [0.15, 0.2) is 0 Å². The normalized spacial score (nSPS) is 17.5. The number of piperidine rings is 1. The maximum Gasteiger partial charge on any atom is 0.220 e. The van der Waals surface area contributed by atoms with Crippen LogP contribution in [0.4, 0.5) is 0 Å². The number of carbonyl (C=O) groups excluding carboxylic acids is 1. The molecule has 32 heavy (non-hydrogen) atoms. The molecule has 0 bridgehead atoms. The predicted octanol–water partition coefficient (Wildman–Crippen LogP) is 7.28. The van der Waals surface area contributed by atoms with Crippen molar-refractivity contribution >= 4 is 33.4 Å². The molecule has 2 aromatic rings. The summed E-state index contributed by atoms with van der Waals surface area (Å²) in [6.45, 7) is 13.2. The van der Waals surface area contributed by atoms with Crippen molar-refractivity contribution < 1.29 is 9.53 Å². The molecule has 1 aliphatic heterocycles. The number of ether oxygens (including phenoxy) is 1. The van der Waals surface area contributed by atoms with Crippen LogP contribution in [0.25, 0.3) is 0 Å². The Labute approximate surface area is 207 Å². The molecule has 0 aliphatic carbocycles. The number of nitrogens with zero attached hydrogens (tertiary/aromatic N) is 1. The van der Waals surface area contributed by atoms with E-state index in [-0.39, 0.29) is 11.3 Å². The molecule has 2 heterocycles.